The maximum absolute atomic E-state index is 5.26. The van der Waals surface area contributed by atoms with Crippen molar-refractivity contribution < 1.29 is 0 Å². The Bertz CT molecular complexity index is 532. The Morgan fingerprint density at radius 1 is 1.24 bits per heavy atom. The first kappa shape index (κ1) is 11.8. The van der Waals surface area contributed by atoms with Crippen LogP contribution < -0.4 is 11.2 Å². The molecule has 17 heavy (non-hydrogen) atoms. The molecule has 2 rings (SSSR count). The zero-order valence-corrected chi connectivity index (χ0v) is 10.6. The van der Waals surface area contributed by atoms with Crippen LogP contribution in [0, 0.1) is 0 Å². The van der Waals surface area contributed by atoms with E-state index in [-0.39, 0.29) is 5.11 Å². The minimum atomic E-state index is 0.168. The van der Waals surface area contributed by atoms with Gasteiger partial charge in [0.25, 0.3) is 0 Å². The van der Waals surface area contributed by atoms with Gasteiger partial charge in [-0.3, -0.25) is 5.43 Å². The van der Waals surface area contributed by atoms with Gasteiger partial charge in [-0.1, -0.05) is 30.3 Å². The van der Waals surface area contributed by atoms with Crippen LogP contribution in [0.15, 0.2) is 47.6 Å². The molecule has 0 amide bonds. The van der Waals surface area contributed by atoms with Crippen LogP contribution in [0.25, 0.3) is 10.4 Å². The standard InChI is InChI=1S/C12H11N3S2/c13-12(16)15-14-8-10-6-7-11(17-10)9-4-2-1-3-5-9/h1-8H,(H3,13,15,16)/b14-8+. The average Bonchev–Trinajstić information content (AvgIpc) is 2.78. The lowest BCUT2D eigenvalue weighted by atomic mass is 10.2. The highest BCUT2D eigenvalue weighted by molar-refractivity contribution is 7.80. The molecule has 1 heterocycles. The fraction of sp³-hybridized carbons (Fsp3) is 0. The molecule has 0 fully saturated rings. The summed E-state index contributed by atoms with van der Waals surface area (Å²) in [5.41, 5.74) is 9.00. The van der Waals surface area contributed by atoms with Crippen molar-refractivity contribution in [3.63, 3.8) is 0 Å². The van der Waals surface area contributed by atoms with E-state index in [0.29, 0.717) is 0 Å². The van der Waals surface area contributed by atoms with Gasteiger partial charge in [0, 0.05) is 9.75 Å². The second-order valence-electron chi connectivity index (χ2n) is 3.30. The van der Waals surface area contributed by atoms with Crippen molar-refractivity contribution in [2.45, 2.75) is 0 Å². The molecule has 0 bridgehead atoms. The predicted molar refractivity (Wildman–Crippen MR) is 77.3 cm³/mol. The van der Waals surface area contributed by atoms with E-state index >= 15 is 0 Å². The fourth-order valence-electron chi connectivity index (χ4n) is 1.34. The topological polar surface area (TPSA) is 50.4 Å². The lowest BCUT2D eigenvalue weighted by Crippen LogP contribution is -2.23. The number of thiocarbonyl (C=S) groups is 1. The van der Waals surface area contributed by atoms with Crippen LogP contribution in [0.1, 0.15) is 4.88 Å². The molecule has 86 valence electrons. The van der Waals surface area contributed by atoms with Gasteiger partial charge >= 0.3 is 0 Å². The molecule has 0 aliphatic rings. The van der Waals surface area contributed by atoms with Gasteiger partial charge in [-0.15, -0.1) is 11.3 Å². The van der Waals surface area contributed by atoms with Gasteiger partial charge in [-0.25, -0.2) is 0 Å². The Morgan fingerprint density at radius 3 is 2.71 bits per heavy atom. The summed E-state index contributed by atoms with van der Waals surface area (Å²) in [5, 5.41) is 4.09. The molecule has 2 aromatic rings. The molecular weight excluding hydrogens is 250 g/mol. The lowest BCUT2D eigenvalue weighted by molar-refractivity contribution is 1.04. The highest BCUT2D eigenvalue weighted by atomic mass is 32.1. The first-order valence-electron chi connectivity index (χ1n) is 4.99. The Hall–Kier alpha value is -1.72. The number of hydrazone groups is 1. The van der Waals surface area contributed by atoms with Gasteiger partial charge in [-0.05, 0) is 29.9 Å². The summed E-state index contributed by atoms with van der Waals surface area (Å²) in [4.78, 5) is 2.26. The van der Waals surface area contributed by atoms with Gasteiger partial charge in [0.15, 0.2) is 5.11 Å². The van der Waals surface area contributed by atoms with Crippen LogP contribution in [0.3, 0.4) is 0 Å². The van der Waals surface area contributed by atoms with Crippen molar-refractivity contribution in [2.75, 3.05) is 0 Å². The van der Waals surface area contributed by atoms with Gasteiger partial charge in [0.2, 0.25) is 0 Å². The molecule has 3 N–H and O–H groups in total. The highest BCUT2D eigenvalue weighted by Gasteiger charge is 2.00. The van der Waals surface area contributed by atoms with Crippen LogP contribution in [0.2, 0.25) is 0 Å². The Labute approximate surface area is 109 Å². The zero-order chi connectivity index (χ0) is 12.1. The van der Waals surface area contributed by atoms with E-state index in [9.17, 15) is 0 Å². The molecular formula is C12H11N3S2. The highest BCUT2D eigenvalue weighted by Crippen LogP contribution is 2.26. The van der Waals surface area contributed by atoms with Crippen molar-refractivity contribution in [3.8, 4) is 10.4 Å². The number of hydrogen-bond acceptors (Lipinski definition) is 3. The van der Waals surface area contributed by atoms with Crippen LogP contribution in [-0.4, -0.2) is 11.3 Å². The summed E-state index contributed by atoms with van der Waals surface area (Å²) < 4.78 is 0. The number of thiophene rings is 1. The van der Waals surface area contributed by atoms with Gasteiger partial charge in [0.05, 0.1) is 6.21 Å². The van der Waals surface area contributed by atoms with Crippen LogP contribution in [0.4, 0.5) is 0 Å². The molecule has 0 unspecified atom stereocenters. The van der Waals surface area contributed by atoms with Gasteiger partial charge < -0.3 is 5.73 Å². The monoisotopic (exact) mass is 261 g/mol. The number of nitrogens with zero attached hydrogens (tertiary/aromatic N) is 1. The molecule has 5 heteroatoms. The second-order valence-corrected chi connectivity index (χ2v) is 4.86. The third kappa shape index (κ3) is 3.37. The third-order valence-corrected chi connectivity index (χ3v) is 3.21. The molecule has 0 spiro atoms. The van der Waals surface area contributed by atoms with Crippen LogP contribution in [0.5, 0.6) is 0 Å². The number of nitrogens with two attached hydrogens (primary N) is 1. The minimum absolute atomic E-state index is 0.168. The molecule has 0 radical (unpaired) electrons. The second kappa shape index (κ2) is 5.56. The van der Waals surface area contributed by atoms with Crippen molar-refractivity contribution in [2.24, 2.45) is 10.8 Å². The third-order valence-electron chi connectivity index (χ3n) is 2.05. The Balaban J connectivity index is 2.11. The number of nitrogens with one attached hydrogen (secondary N) is 1. The molecule has 0 aliphatic carbocycles. The van der Waals surface area contributed by atoms with E-state index in [4.69, 9.17) is 5.73 Å². The molecule has 1 aromatic carbocycles. The van der Waals surface area contributed by atoms with Crippen LogP contribution >= 0.6 is 23.6 Å². The molecule has 0 saturated heterocycles. The Kier molecular flexibility index (Phi) is 3.85. The van der Waals surface area contributed by atoms with E-state index in [1.807, 2.05) is 24.3 Å². The number of benzene rings is 1. The van der Waals surface area contributed by atoms with Gasteiger partial charge in [-0.2, -0.15) is 5.10 Å². The molecule has 0 saturated carbocycles. The Morgan fingerprint density at radius 2 is 2.00 bits per heavy atom. The van der Waals surface area contributed by atoms with E-state index in [0.717, 1.165) is 4.88 Å². The summed E-state index contributed by atoms with van der Waals surface area (Å²) in [6.07, 6.45) is 1.70. The summed E-state index contributed by atoms with van der Waals surface area (Å²) in [7, 11) is 0. The average molecular weight is 261 g/mol. The minimum Gasteiger partial charge on any atom is -0.375 e. The van der Waals surface area contributed by atoms with Crippen molar-refractivity contribution >= 4 is 34.9 Å². The SMILES string of the molecule is NC(=S)N/N=C/c1ccc(-c2ccccc2)s1. The lowest BCUT2D eigenvalue weighted by Gasteiger charge is -1.94. The fourth-order valence-corrected chi connectivity index (χ4v) is 2.28. The van der Waals surface area contributed by atoms with Crippen molar-refractivity contribution in [1.82, 2.24) is 5.43 Å². The molecule has 0 atom stereocenters. The summed E-state index contributed by atoms with van der Waals surface area (Å²) in [6, 6.07) is 14.3. The van der Waals surface area contributed by atoms with Crippen molar-refractivity contribution in [1.29, 1.82) is 0 Å². The summed E-state index contributed by atoms with van der Waals surface area (Å²) in [5.74, 6) is 0. The summed E-state index contributed by atoms with van der Waals surface area (Å²) in [6.45, 7) is 0. The van der Waals surface area contributed by atoms with E-state index in [1.54, 1.807) is 17.6 Å². The number of hydrogen-bond donors (Lipinski definition) is 2. The smallest absolute Gasteiger partial charge is 0.184 e. The van der Waals surface area contributed by atoms with Crippen molar-refractivity contribution in [3.05, 3.63) is 47.3 Å². The molecule has 0 aliphatic heterocycles. The summed E-state index contributed by atoms with van der Waals surface area (Å²) >= 11 is 6.31. The largest absolute Gasteiger partial charge is 0.375 e. The van der Waals surface area contributed by atoms with Crippen LogP contribution in [-0.2, 0) is 0 Å². The quantitative estimate of drug-likeness (QED) is 0.507. The van der Waals surface area contributed by atoms with E-state index in [1.165, 1.54) is 10.4 Å². The van der Waals surface area contributed by atoms with E-state index in [2.05, 4.69) is 40.9 Å². The maximum Gasteiger partial charge on any atom is 0.184 e. The first-order chi connectivity index (χ1) is 8.25. The maximum atomic E-state index is 5.26. The molecule has 1 aromatic heterocycles. The number of rotatable bonds is 3. The predicted octanol–water partition coefficient (Wildman–Crippen LogP) is 2.58. The van der Waals surface area contributed by atoms with E-state index < -0.39 is 0 Å². The zero-order valence-electron chi connectivity index (χ0n) is 8.96. The first-order valence-corrected chi connectivity index (χ1v) is 6.22. The normalized spacial score (nSPS) is 10.6. The van der Waals surface area contributed by atoms with Gasteiger partial charge in [0.1, 0.15) is 0 Å². The molecule has 3 nitrogen and oxygen atoms in total.